The lowest BCUT2D eigenvalue weighted by Gasteiger charge is -2.20. The third-order valence-corrected chi connectivity index (χ3v) is 2.91. The van der Waals surface area contributed by atoms with E-state index in [9.17, 15) is 4.79 Å². The van der Waals surface area contributed by atoms with Gasteiger partial charge in [-0.1, -0.05) is 22.0 Å². The number of amides is 1. The van der Waals surface area contributed by atoms with Gasteiger partial charge in [0.05, 0.1) is 5.69 Å². The third kappa shape index (κ3) is 1.50. The van der Waals surface area contributed by atoms with E-state index in [-0.39, 0.29) is 12.5 Å². The van der Waals surface area contributed by atoms with Crippen molar-refractivity contribution in [1.29, 1.82) is 0 Å². The van der Waals surface area contributed by atoms with E-state index in [4.69, 9.17) is 4.74 Å². The predicted octanol–water partition coefficient (Wildman–Crippen LogP) is 2.22. The average Bonchev–Trinajstić information content (AvgIpc) is 2.20. The van der Waals surface area contributed by atoms with Crippen molar-refractivity contribution in [3.8, 4) is 5.75 Å². The Balaban J connectivity index is 2.50. The molecule has 0 aliphatic carbocycles. The monoisotopic (exact) mass is 255 g/mol. The van der Waals surface area contributed by atoms with Crippen LogP contribution in [0, 0.1) is 6.92 Å². The molecule has 2 rings (SSSR count). The molecule has 0 atom stereocenters. The number of nitrogens with one attached hydrogen (secondary N) is 1. The molecule has 0 spiro atoms. The Morgan fingerprint density at radius 3 is 3.07 bits per heavy atom. The summed E-state index contributed by atoms with van der Waals surface area (Å²) in [5.74, 6) is 0.666. The number of fused-ring (bicyclic) bond motifs is 1. The Morgan fingerprint density at radius 2 is 2.36 bits per heavy atom. The standard InChI is InChI=1S/C10H10BrNO2/c1-6-7(4-11)2-3-8-10(6)12-9(13)5-14-8/h2-3H,4-5H2,1H3,(H,12,13). The molecule has 1 aromatic carbocycles. The minimum absolute atomic E-state index is 0.0904. The Kier molecular flexibility index (Phi) is 2.46. The van der Waals surface area contributed by atoms with Crippen molar-refractivity contribution in [2.45, 2.75) is 12.3 Å². The summed E-state index contributed by atoms with van der Waals surface area (Å²) in [6, 6.07) is 3.89. The maximum atomic E-state index is 11.1. The van der Waals surface area contributed by atoms with Crippen molar-refractivity contribution in [3.63, 3.8) is 0 Å². The molecule has 1 aliphatic heterocycles. The van der Waals surface area contributed by atoms with Crippen LogP contribution in [0.25, 0.3) is 0 Å². The molecule has 0 saturated heterocycles. The van der Waals surface area contributed by atoms with Gasteiger partial charge in [0, 0.05) is 5.33 Å². The first kappa shape index (κ1) is 9.52. The molecule has 0 aromatic heterocycles. The third-order valence-electron chi connectivity index (χ3n) is 2.31. The van der Waals surface area contributed by atoms with Crippen molar-refractivity contribution < 1.29 is 9.53 Å². The fourth-order valence-corrected chi connectivity index (χ4v) is 2.08. The van der Waals surface area contributed by atoms with Gasteiger partial charge in [-0.25, -0.2) is 0 Å². The fraction of sp³-hybridized carbons (Fsp3) is 0.300. The number of benzene rings is 1. The number of hydrogen-bond acceptors (Lipinski definition) is 2. The van der Waals surface area contributed by atoms with Gasteiger partial charge >= 0.3 is 0 Å². The minimum Gasteiger partial charge on any atom is -0.482 e. The number of halogens is 1. The molecule has 3 nitrogen and oxygen atoms in total. The average molecular weight is 256 g/mol. The molecule has 1 amide bonds. The van der Waals surface area contributed by atoms with Crippen molar-refractivity contribution in [2.75, 3.05) is 11.9 Å². The predicted molar refractivity (Wildman–Crippen MR) is 57.9 cm³/mol. The maximum Gasteiger partial charge on any atom is 0.262 e. The van der Waals surface area contributed by atoms with Crippen molar-refractivity contribution in [3.05, 3.63) is 23.3 Å². The largest absolute Gasteiger partial charge is 0.482 e. The lowest BCUT2D eigenvalue weighted by molar-refractivity contribution is -0.118. The molecule has 4 heteroatoms. The first-order valence-electron chi connectivity index (χ1n) is 4.33. The van der Waals surface area contributed by atoms with Crippen molar-refractivity contribution in [1.82, 2.24) is 0 Å². The molecule has 0 bridgehead atoms. The second-order valence-corrected chi connectivity index (χ2v) is 3.75. The Labute approximate surface area is 90.6 Å². The summed E-state index contributed by atoms with van der Waals surface area (Å²) in [7, 11) is 0. The van der Waals surface area contributed by atoms with Crippen LogP contribution < -0.4 is 10.1 Å². The summed E-state index contributed by atoms with van der Waals surface area (Å²) in [4.78, 5) is 11.1. The van der Waals surface area contributed by atoms with Gasteiger partial charge < -0.3 is 10.1 Å². The molecular formula is C10H10BrNO2. The SMILES string of the molecule is Cc1c(CBr)ccc2c1NC(=O)CO2. The zero-order valence-corrected chi connectivity index (χ0v) is 9.35. The van der Waals surface area contributed by atoms with Gasteiger partial charge in [-0.2, -0.15) is 0 Å². The van der Waals surface area contributed by atoms with Gasteiger partial charge in [0.15, 0.2) is 6.61 Å². The second-order valence-electron chi connectivity index (χ2n) is 3.19. The molecule has 1 aliphatic rings. The van der Waals surface area contributed by atoms with E-state index < -0.39 is 0 Å². The number of hydrogen-bond donors (Lipinski definition) is 1. The highest BCUT2D eigenvalue weighted by Gasteiger charge is 2.18. The van der Waals surface area contributed by atoms with Crippen LogP contribution in [0.5, 0.6) is 5.75 Å². The molecule has 0 fully saturated rings. The number of rotatable bonds is 1. The fourth-order valence-electron chi connectivity index (χ4n) is 1.47. The topological polar surface area (TPSA) is 38.3 Å². The van der Waals surface area contributed by atoms with Gasteiger partial charge in [0.2, 0.25) is 0 Å². The molecule has 14 heavy (non-hydrogen) atoms. The van der Waals surface area contributed by atoms with E-state index in [2.05, 4.69) is 21.2 Å². The molecule has 1 N–H and O–H groups in total. The van der Waals surface area contributed by atoms with Crippen molar-refractivity contribution >= 4 is 27.5 Å². The highest BCUT2D eigenvalue weighted by atomic mass is 79.9. The maximum absolute atomic E-state index is 11.1. The molecule has 1 aromatic rings. The van der Waals surface area contributed by atoms with Gasteiger partial charge in [-0.05, 0) is 24.1 Å². The van der Waals surface area contributed by atoms with Crippen LogP contribution in [0.15, 0.2) is 12.1 Å². The molecule has 0 unspecified atom stereocenters. The second kappa shape index (κ2) is 3.61. The summed E-state index contributed by atoms with van der Waals surface area (Å²) in [6.07, 6.45) is 0. The number of carbonyl (C=O) groups excluding carboxylic acids is 1. The minimum atomic E-state index is -0.0904. The molecular weight excluding hydrogens is 246 g/mol. The van der Waals surface area contributed by atoms with Crippen LogP contribution in [0.4, 0.5) is 5.69 Å². The zero-order valence-electron chi connectivity index (χ0n) is 7.76. The number of alkyl halides is 1. The number of anilines is 1. The molecule has 74 valence electrons. The molecule has 1 heterocycles. The van der Waals surface area contributed by atoms with Crippen LogP contribution in [-0.2, 0) is 10.1 Å². The summed E-state index contributed by atoms with van der Waals surface area (Å²) >= 11 is 3.40. The highest BCUT2D eigenvalue weighted by molar-refractivity contribution is 9.08. The van der Waals surface area contributed by atoms with Crippen LogP contribution in [0.1, 0.15) is 11.1 Å². The Hall–Kier alpha value is -1.03. The first-order chi connectivity index (χ1) is 6.72. The van der Waals surface area contributed by atoms with Crippen LogP contribution >= 0.6 is 15.9 Å². The first-order valence-corrected chi connectivity index (χ1v) is 5.45. The van der Waals surface area contributed by atoms with Gasteiger partial charge in [-0.3, -0.25) is 4.79 Å². The van der Waals surface area contributed by atoms with Crippen LogP contribution in [0.2, 0.25) is 0 Å². The number of carbonyl (C=O) groups is 1. The normalized spacial score (nSPS) is 14.3. The number of ether oxygens (including phenoxy) is 1. The van der Waals surface area contributed by atoms with Gasteiger partial charge in [-0.15, -0.1) is 0 Å². The summed E-state index contributed by atoms with van der Waals surface area (Å²) in [5, 5.41) is 3.60. The Morgan fingerprint density at radius 1 is 1.57 bits per heavy atom. The summed E-state index contributed by atoms with van der Waals surface area (Å²) < 4.78 is 5.29. The quantitative estimate of drug-likeness (QED) is 0.782. The van der Waals surface area contributed by atoms with Crippen LogP contribution in [0.3, 0.4) is 0 Å². The van der Waals surface area contributed by atoms with Gasteiger partial charge in [0.1, 0.15) is 5.75 Å². The molecule has 0 radical (unpaired) electrons. The van der Waals surface area contributed by atoms with Gasteiger partial charge in [0.25, 0.3) is 5.91 Å². The highest BCUT2D eigenvalue weighted by Crippen LogP contribution is 2.33. The van der Waals surface area contributed by atoms with E-state index in [1.54, 1.807) is 0 Å². The zero-order chi connectivity index (χ0) is 10.1. The summed E-state index contributed by atoms with van der Waals surface area (Å²) in [5.41, 5.74) is 3.03. The van der Waals surface area contributed by atoms with E-state index >= 15 is 0 Å². The van der Waals surface area contributed by atoms with Crippen LogP contribution in [-0.4, -0.2) is 12.5 Å². The van der Waals surface area contributed by atoms with E-state index in [1.807, 2.05) is 19.1 Å². The van der Waals surface area contributed by atoms with E-state index in [0.29, 0.717) is 0 Å². The summed E-state index contributed by atoms with van der Waals surface area (Å²) in [6.45, 7) is 2.09. The van der Waals surface area contributed by atoms with E-state index in [0.717, 1.165) is 27.9 Å². The Bertz CT molecular complexity index is 390. The molecule has 0 saturated carbocycles. The lowest BCUT2D eigenvalue weighted by Crippen LogP contribution is -2.26. The van der Waals surface area contributed by atoms with E-state index in [1.165, 1.54) is 0 Å². The lowest BCUT2D eigenvalue weighted by atomic mass is 10.1. The van der Waals surface area contributed by atoms with Crippen molar-refractivity contribution in [2.24, 2.45) is 0 Å². The smallest absolute Gasteiger partial charge is 0.262 e.